The van der Waals surface area contributed by atoms with E-state index in [1.807, 2.05) is 0 Å². The molecular formula is C7H11N. The van der Waals surface area contributed by atoms with Gasteiger partial charge in [0.15, 0.2) is 0 Å². The van der Waals surface area contributed by atoms with Crippen LogP contribution in [0.5, 0.6) is 0 Å². The van der Waals surface area contributed by atoms with E-state index in [2.05, 4.69) is 24.1 Å². The summed E-state index contributed by atoms with van der Waals surface area (Å²) in [6.07, 6.45) is 4.55. The molecule has 2 aliphatic rings. The minimum absolute atomic E-state index is 0.884. The first-order valence-electron chi connectivity index (χ1n) is 3.28. The lowest BCUT2D eigenvalue weighted by molar-refractivity contribution is 0.445. The summed E-state index contributed by atoms with van der Waals surface area (Å²) < 4.78 is 0. The normalized spacial score (nSPS) is 41.9. The third-order valence-electron chi connectivity index (χ3n) is 2.24. The molecule has 1 nitrogen and oxygen atoms in total. The molecule has 0 aromatic carbocycles. The highest BCUT2D eigenvalue weighted by atomic mass is 15.2. The molecule has 2 rings (SSSR count). The van der Waals surface area contributed by atoms with Gasteiger partial charge in [-0.1, -0.05) is 13.0 Å². The van der Waals surface area contributed by atoms with Gasteiger partial charge in [0.1, 0.15) is 0 Å². The second-order valence-electron chi connectivity index (χ2n) is 2.94. The first-order valence-corrected chi connectivity index (χ1v) is 3.28. The lowest BCUT2D eigenvalue weighted by Gasteiger charge is -2.11. The van der Waals surface area contributed by atoms with E-state index in [1.54, 1.807) is 0 Å². The van der Waals surface area contributed by atoms with Crippen LogP contribution >= 0.6 is 0 Å². The maximum absolute atomic E-state index is 2.40. The van der Waals surface area contributed by atoms with Crippen LogP contribution in [0.25, 0.3) is 0 Å². The first kappa shape index (κ1) is 4.42. The van der Waals surface area contributed by atoms with E-state index in [1.165, 1.54) is 13.1 Å². The largest absolute Gasteiger partial charge is 0.377 e. The van der Waals surface area contributed by atoms with Crippen molar-refractivity contribution >= 4 is 0 Å². The van der Waals surface area contributed by atoms with E-state index < -0.39 is 0 Å². The molecule has 0 amide bonds. The van der Waals surface area contributed by atoms with Crippen molar-refractivity contribution in [3.63, 3.8) is 0 Å². The van der Waals surface area contributed by atoms with Crippen LogP contribution in [0.15, 0.2) is 12.3 Å². The molecule has 44 valence electrons. The molecule has 1 heteroatoms. The zero-order valence-corrected chi connectivity index (χ0v) is 5.17. The van der Waals surface area contributed by atoms with Crippen molar-refractivity contribution in [2.45, 2.75) is 6.92 Å². The number of hydrogen-bond donors (Lipinski definition) is 0. The van der Waals surface area contributed by atoms with Gasteiger partial charge < -0.3 is 4.90 Å². The van der Waals surface area contributed by atoms with Gasteiger partial charge in [0.2, 0.25) is 0 Å². The molecule has 0 N–H and O–H groups in total. The van der Waals surface area contributed by atoms with Crippen LogP contribution in [0.3, 0.4) is 0 Å². The Morgan fingerprint density at radius 1 is 1.50 bits per heavy atom. The molecule has 2 atom stereocenters. The Balaban J connectivity index is 2.23. The second kappa shape index (κ2) is 1.28. The lowest BCUT2D eigenvalue weighted by Crippen LogP contribution is -2.12. The molecule has 1 fully saturated rings. The predicted octanol–water partition coefficient (Wildman–Crippen LogP) is 1.08. The Hall–Kier alpha value is -0.460. The average molecular weight is 109 g/mol. The fourth-order valence-electron chi connectivity index (χ4n) is 1.64. The molecule has 2 heterocycles. The number of hydrogen-bond acceptors (Lipinski definition) is 1. The summed E-state index contributed by atoms with van der Waals surface area (Å²) in [6, 6.07) is 0. The molecule has 0 spiro atoms. The van der Waals surface area contributed by atoms with Crippen LogP contribution in [-0.2, 0) is 0 Å². The standard InChI is InChI=1S/C7H11N/c1-6-4-8-3-2-7(6)5-8/h2-3,6-7H,4-5H2,1H3. The number of fused-ring (bicyclic) bond motifs is 2. The van der Waals surface area contributed by atoms with Crippen molar-refractivity contribution in [1.29, 1.82) is 0 Å². The minimum atomic E-state index is 0.884. The molecule has 1 saturated heterocycles. The highest BCUT2D eigenvalue weighted by Crippen LogP contribution is 2.29. The van der Waals surface area contributed by atoms with Crippen molar-refractivity contribution in [2.75, 3.05) is 13.1 Å². The van der Waals surface area contributed by atoms with Gasteiger partial charge in [0.25, 0.3) is 0 Å². The van der Waals surface area contributed by atoms with Crippen LogP contribution in [0.2, 0.25) is 0 Å². The maximum atomic E-state index is 2.40. The molecule has 0 saturated carbocycles. The van der Waals surface area contributed by atoms with Crippen molar-refractivity contribution in [1.82, 2.24) is 4.90 Å². The highest BCUT2D eigenvalue weighted by Gasteiger charge is 2.29. The number of nitrogens with zero attached hydrogens (tertiary/aromatic N) is 1. The van der Waals surface area contributed by atoms with Crippen LogP contribution < -0.4 is 0 Å². The first-order chi connectivity index (χ1) is 3.86. The lowest BCUT2D eigenvalue weighted by atomic mass is 9.98. The summed E-state index contributed by atoms with van der Waals surface area (Å²) >= 11 is 0. The number of rotatable bonds is 0. The van der Waals surface area contributed by atoms with Crippen molar-refractivity contribution < 1.29 is 0 Å². The third kappa shape index (κ3) is 0.417. The van der Waals surface area contributed by atoms with E-state index in [0.717, 1.165) is 11.8 Å². The zero-order valence-electron chi connectivity index (χ0n) is 5.17. The Bertz CT molecular complexity index is 128. The van der Waals surface area contributed by atoms with E-state index >= 15 is 0 Å². The molecule has 2 aliphatic heterocycles. The van der Waals surface area contributed by atoms with E-state index in [-0.39, 0.29) is 0 Å². The van der Waals surface area contributed by atoms with E-state index in [0.29, 0.717) is 0 Å². The van der Waals surface area contributed by atoms with Gasteiger partial charge in [0.05, 0.1) is 0 Å². The van der Waals surface area contributed by atoms with Crippen LogP contribution in [0, 0.1) is 11.8 Å². The Kier molecular flexibility index (Phi) is 0.706. The van der Waals surface area contributed by atoms with Gasteiger partial charge >= 0.3 is 0 Å². The molecule has 2 bridgehead atoms. The Morgan fingerprint density at radius 2 is 2.38 bits per heavy atom. The molecule has 0 aliphatic carbocycles. The van der Waals surface area contributed by atoms with E-state index in [9.17, 15) is 0 Å². The zero-order chi connectivity index (χ0) is 5.56. The third-order valence-corrected chi connectivity index (χ3v) is 2.24. The summed E-state index contributed by atoms with van der Waals surface area (Å²) in [4.78, 5) is 2.40. The van der Waals surface area contributed by atoms with Crippen LogP contribution in [0.4, 0.5) is 0 Å². The Morgan fingerprint density at radius 3 is 2.62 bits per heavy atom. The smallest absolute Gasteiger partial charge is 0.0239 e. The molecule has 8 heavy (non-hydrogen) atoms. The summed E-state index contributed by atoms with van der Waals surface area (Å²) in [5, 5.41) is 0. The maximum Gasteiger partial charge on any atom is 0.0239 e. The highest BCUT2D eigenvalue weighted by molar-refractivity contribution is 5.05. The SMILES string of the molecule is CC1CN2C=CC1C2. The average Bonchev–Trinajstić information content (AvgIpc) is 2.23. The molecule has 2 unspecified atom stereocenters. The fraction of sp³-hybridized carbons (Fsp3) is 0.714. The van der Waals surface area contributed by atoms with Crippen molar-refractivity contribution in [3.8, 4) is 0 Å². The van der Waals surface area contributed by atoms with Crippen molar-refractivity contribution in [2.24, 2.45) is 11.8 Å². The summed E-state index contributed by atoms with van der Waals surface area (Å²) in [5.74, 6) is 1.80. The Labute approximate surface area is 50.0 Å². The summed E-state index contributed by atoms with van der Waals surface area (Å²) in [5.41, 5.74) is 0. The van der Waals surface area contributed by atoms with Crippen LogP contribution in [-0.4, -0.2) is 18.0 Å². The molecule has 0 aromatic rings. The topological polar surface area (TPSA) is 3.24 Å². The molecular weight excluding hydrogens is 98.1 g/mol. The molecule has 0 aromatic heterocycles. The second-order valence-corrected chi connectivity index (χ2v) is 2.94. The van der Waals surface area contributed by atoms with Gasteiger partial charge in [-0.25, -0.2) is 0 Å². The summed E-state index contributed by atoms with van der Waals surface area (Å²) in [6.45, 7) is 4.91. The minimum Gasteiger partial charge on any atom is -0.377 e. The van der Waals surface area contributed by atoms with Gasteiger partial charge in [-0.3, -0.25) is 0 Å². The van der Waals surface area contributed by atoms with Crippen molar-refractivity contribution in [3.05, 3.63) is 12.3 Å². The summed E-state index contributed by atoms with van der Waals surface area (Å²) in [7, 11) is 0. The van der Waals surface area contributed by atoms with E-state index in [4.69, 9.17) is 0 Å². The van der Waals surface area contributed by atoms with Gasteiger partial charge in [-0.2, -0.15) is 0 Å². The monoisotopic (exact) mass is 109 g/mol. The fourth-order valence-corrected chi connectivity index (χ4v) is 1.64. The van der Waals surface area contributed by atoms with Crippen LogP contribution in [0.1, 0.15) is 6.92 Å². The quantitative estimate of drug-likeness (QED) is 0.450. The predicted molar refractivity (Wildman–Crippen MR) is 33.4 cm³/mol. The molecule has 0 radical (unpaired) electrons. The van der Waals surface area contributed by atoms with Gasteiger partial charge in [0, 0.05) is 19.0 Å². The van der Waals surface area contributed by atoms with Gasteiger partial charge in [-0.15, -0.1) is 0 Å². The van der Waals surface area contributed by atoms with Gasteiger partial charge in [-0.05, 0) is 12.1 Å².